The van der Waals surface area contributed by atoms with Gasteiger partial charge in [-0.1, -0.05) is 92.2 Å². The van der Waals surface area contributed by atoms with Crippen molar-refractivity contribution in [2.45, 2.75) is 63.0 Å². The fourth-order valence-electron chi connectivity index (χ4n) is 7.94. The van der Waals surface area contributed by atoms with E-state index in [1.54, 1.807) is 11.8 Å². The van der Waals surface area contributed by atoms with E-state index >= 15 is 0 Å². The summed E-state index contributed by atoms with van der Waals surface area (Å²) >= 11 is 8.74. The van der Waals surface area contributed by atoms with Crippen molar-refractivity contribution in [3.05, 3.63) is 118 Å². The fraction of sp³-hybridized carbons (Fsp3) is 0.349. The molecule has 3 heterocycles. The first kappa shape index (κ1) is 41.0. The summed E-state index contributed by atoms with van der Waals surface area (Å²) in [5.41, 5.74) is 7.42. The summed E-state index contributed by atoms with van der Waals surface area (Å²) in [6.45, 7) is 6.40. The zero-order chi connectivity index (χ0) is 40.4. The Morgan fingerprint density at radius 2 is 1.50 bits per heavy atom. The predicted octanol–water partition coefficient (Wildman–Crippen LogP) is 7.06. The standard InChI is InChI=1S/C43H50ClN5O5SSi/c1-28-38(39-35(44)21-19-33-34(20-22-37(50)53-7)41(42(51)54-8)47(4)40(33)39)36(46-48(28)5)27-55-26-29-25-30(49(6)45-29)23-24-43(2,3)56(52,31-15-11-9-12-16-31)32-17-13-10-14-18-32/h9-19,21,25,52H,20,22-24,26-27H2,1-8H3. The van der Waals surface area contributed by atoms with E-state index in [0.29, 0.717) is 34.2 Å². The molecule has 1 N–H and O–H groups in total. The maximum absolute atomic E-state index is 13.1. The van der Waals surface area contributed by atoms with E-state index in [0.717, 1.165) is 68.0 Å². The van der Waals surface area contributed by atoms with Gasteiger partial charge >= 0.3 is 11.9 Å². The molecular formula is C43H50ClN5O5SSi. The molecule has 0 saturated heterocycles. The second-order valence-electron chi connectivity index (χ2n) is 14.9. The lowest BCUT2D eigenvalue weighted by Crippen LogP contribution is -2.65. The van der Waals surface area contributed by atoms with Crippen molar-refractivity contribution in [1.29, 1.82) is 0 Å². The number of carbonyl (C=O) groups excluding carboxylic acids is 2. The first-order valence-electron chi connectivity index (χ1n) is 18.6. The molecule has 0 aliphatic heterocycles. The number of nitrogens with zero attached hydrogens (tertiary/aromatic N) is 5. The number of aromatic nitrogens is 5. The largest absolute Gasteiger partial charge is 0.469 e. The Bertz CT molecular complexity index is 2330. The van der Waals surface area contributed by atoms with E-state index in [4.69, 9.17) is 31.3 Å². The van der Waals surface area contributed by atoms with Crippen LogP contribution in [-0.2, 0) is 59.8 Å². The molecule has 0 radical (unpaired) electrons. The van der Waals surface area contributed by atoms with Crippen LogP contribution in [0.25, 0.3) is 22.0 Å². The summed E-state index contributed by atoms with van der Waals surface area (Å²) in [5.74, 6) is 0.413. The Labute approximate surface area is 338 Å². The lowest BCUT2D eigenvalue weighted by atomic mass is 9.98. The molecule has 0 saturated carbocycles. The molecule has 0 fully saturated rings. The molecule has 6 aromatic rings. The number of benzene rings is 3. The van der Waals surface area contributed by atoms with Crippen LogP contribution in [0, 0.1) is 6.92 Å². The third-order valence-corrected chi connectivity index (χ3v) is 17.0. The highest BCUT2D eigenvalue weighted by molar-refractivity contribution is 7.97. The van der Waals surface area contributed by atoms with E-state index in [9.17, 15) is 14.4 Å². The molecule has 10 nitrogen and oxygen atoms in total. The van der Waals surface area contributed by atoms with Gasteiger partial charge in [0.1, 0.15) is 5.69 Å². The average molecular weight is 813 g/mol. The number of fused-ring (bicyclic) bond motifs is 1. The highest BCUT2D eigenvalue weighted by Gasteiger charge is 2.49. The SMILES string of the molecule is COC(=O)CCc1c(C(=O)OC)n(C)c2c(-c3c(CSCc4cc(CCC(C)(C)[Si](O)(c5ccccc5)c5ccccc5)n(C)n4)nn(C)c3C)c(Cl)ccc12. The monoisotopic (exact) mass is 811 g/mol. The zero-order valence-corrected chi connectivity index (χ0v) is 35.9. The van der Waals surface area contributed by atoms with E-state index < -0.39 is 14.3 Å². The smallest absolute Gasteiger partial charge is 0.354 e. The van der Waals surface area contributed by atoms with Gasteiger partial charge in [0, 0.05) is 67.0 Å². The maximum atomic E-state index is 13.1. The van der Waals surface area contributed by atoms with Gasteiger partial charge in [0.25, 0.3) is 8.32 Å². The van der Waals surface area contributed by atoms with E-state index in [-0.39, 0.29) is 17.4 Å². The van der Waals surface area contributed by atoms with Crippen molar-refractivity contribution in [3.8, 4) is 11.1 Å². The van der Waals surface area contributed by atoms with Crippen molar-refractivity contribution in [2.24, 2.45) is 21.1 Å². The van der Waals surface area contributed by atoms with Gasteiger partial charge in [0.05, 0.1) is 36.1 Å². The number of esters is 2. The second kappa shape index (κ2) is 16.8. The molecule has 0 aliphatic rings. The number of methoxy groups -OCH3 is 2. The number of hydrogen-bond donors (Lipinski definition) is 1. The third kappa shape index (κ3) is 7.72. The molecule has 56 heavy (non-hydrogen) atoms. The molecule has 0 unspecified atom stereocenters. The number of rotatable bonds is 15. The Balaban J connectivity index is 1.24. The van der Waals surface area contributed by atoms with Gasteiger partial charge in [-0.3, -0.25) is 14.2 Å². The third-order valence-electron chi connectivity index (χ3n) is 11.1. The normalized spacial score (nSPS) is 12.0. The van der Waals surface area contributed by atoms with Gasteiger partial charge in [0.2, 0.25) is 0 Å². The van der Waals surface area contributed by atoms with Crippen LogP contribution in [0.4, 0.5) is 0 Å². The lowest BCUT2D eigenvalue weighted by molar-refractivity contribution is -0.140. The van der Waals surface area contributed by atoms with E-state index in [2.05, 4.69) is 44.2 Å². The molecule has 13 heteroatoms. The quantitative estimate of drug-likeness (QED) is 0.0867. The predicted molar refractivity (Wildman–Crippen MR) is 227 cm³/mol. The van der Waals surface area contributed by atoms with Gasteiger partial charge in [-0.2, -0.15) is 10.2 Å². The summed E-state index contributed by atoms with van der Waals surface area (Å²) < 4.78 is 15.7. The molecule has 0 bridgehead atoms. The second-order valence-corrected chi connectivity index (χ2v) is 20.2. The number of thioether (sulfide) groups is 1. The first-order chi connectivity index (χ1) is 26.7. The minimum Gasteiger partial charge on any atom is -0.469 e. The lowest BCUT2D eigenvalue weighted by Gasteiger charge is -2.41. The Morgan fingerprint density at radius 3 is 2.11 bits per heavy atom. The minimum absolute atomic E-state index is 0.115. The minimum atomic E-state index is -3.13. The van der Waals surface area contributed by atoms with Gasteiger partial charge in [-0.15, -0.1) is 11.8 Å². The Kier molecular flexibility index (Phi) is 12.3. The number of aryl methyl sites for hydroxylation is 5. The van der Waals surface area contributed by atoms with Crippen LogP contribution in [0.1, 0.15) is 65.5 Å². The van der Waals surface area contributed by atoms with Gasteiger partial charge in [-0.25, -0.2) is 4.79 Å². The molecule has 294 valence electrons. The highest BCUT2D eigenvalue weighted by atomic mass is 35.5. The zero-order valence-electron chi connectivity index (χ0n) is 33.4. The van der Waals surface area contributed by atoms with Crippen molar-refractivity contribution < 1.29 is 23.9 Å². The summed E-state index contributed by atoms with van der Waals surface area (Å²) in [6, 6.07) is 26.2. The summed E-state index contributed by atoms with van der Waals surface area (Å²) in [5, 5.41) is 12.8. The molecule has 3 aromatic heterocycles. The van der Waals surface area contributed by atoms with Gasteiger partial charge in [-0.05, 0) is 59.3 Å². The molecule has 0 spiro atoms. The Morgan fingerprint density at radius 1 is 0.857 bits per heavy atom. The van der Waals surface area contributed by atoms with Crippen molar-refractivity contribution in [2.75, 3.05) is 14.2 Å². The fourth-order valence-corrected chi connectivity index (χ4v) is 12.8. The van der Waals surface area contributed by atoms with E-state index in [1.807, 2.05) is 90.5 Å². The van der Waals surface area contributed by atoms with Gasteiger partial charge in [0.15, 0.2) is 0 Å². The van der Waals surface area contributed by atoms with Crippen molar-refractivity contribution in [3.63, 3.8) is 0 Å². The number of ether oxygens (including phenoxy) is 2. The molecule has 0 atom stereocenters. The summed E-state index contributed by atoms with van der Waals surface area (Å²) in [4.78, 5) is 37.9. The van der Waals surface area contributed by atoms with Crippen LogP contribution >= 0.6 is 23.4 Å². The molecular weight excluding hydrogens is 762 g/mol. The van der Waals surface area contributed by atoms with Crippen LogP contribution in [0.3, 0.4) is 0 Å². The molecule has 0 amide bonds. The van der Waals surface area contributed by atoms with Crippen molar-refractivity contribution in [1.82, 2.24) is 24.1 Å². The van der Waals surface area contributed by atoms with Crippen LogP contribution in [0.15, 0.2) is 78.9 Å². The van der Waals surface area contributed by atoms with E-state index in [1.165, 1.54) is 14.2 Å². The van der Waals surface area contributed by atoms with Crippen LogP contribution in [-0.4, -0.2) is 63.4 Å². The maximum Gasteiger partial charge on any atom is 0.354 e. The summed E-state index contributed by atoms with van der Waals surface area (Å²) in [7, 11) is 5.30. The highest BCUT2D eigenvalue weighted by Crippen LogP contribution is 2.43. The van der Waals surface area contributed by atoms with Crippen molar-refractivity contribution >= 4 is 64.9 Å². The molecule has 6 rings (SSSR count). The first-order valence-corrected chi connectivity index (χ1v) is 22.1. The number of hydrogen-bond acceptors (Lipinski definition) is 8. The Hall–Kier alpha value is -4.62. The molecule has 0 aliphatic carbocycles. The van der Waals surface area contributed by atoms with Crippen LogP contribution < -0.4 is 10.4 Å². The topological polar surface area (TPSA) is 113 Å². The number of carbonyl (C=O) groups is 2. The van der Waals surface area contributed by atoms with Crippen LogP contribution in [0.5, 0.6) is 0 Å². The van der Waals surface area contributed by atoms with Crippen LogP contribution in [0.2, 0.25) is 10.1 Å². The summed E-state index contributed by atoms with van der Waals surface area (Å²) in [6.07, 6.45) is 1.98. The average Bonchev–Trinajstić information content (AvgIpc) is 3.80. The van der Waals surface area contributed by atoms with Gasteiger partial charge < -0.3 is 18.8 Å². The molecule has 3 aromatic carbocycles. The number of halogens is 1.